The molecule has 0 atom stereocenters. The molecule has 2 N–H and O–H groups in total. The Labute approximate surface area is 186 Å². The van der Waals surface area contributed by atoms with E-state index in [1.54, 1.807) is 12.0 Å². The Hall–Kier alpha value is -1.35. The largest absolute Gasteiger partial charge is 0.380 e. The minimum Gasteiger partial charge on any atom is -0.380 e. The summed E-state index contributed by atoms with van der Waals surface area (Å²) < 4.78 is 5.15. The number of halogens is 1. The Morgan fingerprint density at radius 1 is 1.14 bits per heavy atom. The maximum Gasteiger partial charge on any atom is 0.230 e. The lowest BCUT2D eigenvalue weighted by Gasteiger charge is -2.31. The van der Waals surface area contributed by atoms with E-state index in [1.807, 2.05) is 21.0 Å². The van der Waals surface area contributed by atoms with E-state index in [1.165, 1.54) is 0 Å². The molecule has 1 amide bonds. The zero-order valence-corrected chi connectivity index (χ0v) is 19.9. The van der Waals surface area contributed by atoms with Crippen LogP contribution >= 0.6 is 24.0 Å². The third kappa shape index (κ3) is 6.92. The average Bonchev–Trinajstić information content (AvgIpc) is 3.15. The van der Waals surface area contributed by atoms with Gasteiger partial charge in [0.2, 0.25) is 5.91 Å². The van der Waals surface area contributed by atoms with E-state index >= 15 is 0 Å². The Kier molecular flexibility index (Phi) is 10.8. The molecule has 0 saturated heterocycles. The minimum absolute atomic E-state index is 0. The van der Waals surface area contributed by atoms with Crippen molar-refractivity contribution < 1.29 is 9.53 Å². The molecule has 0 radical (unpaired) electrons. The summed E-state index contributed by atoms with van der Waals surface area (Å²) in [5.41, 5.74) is 1.99. The molecule has 0 bridgehead atoms. The molecule has 0 unspecified atom stereocenters. The molecule has 1 aromatic rings. The summed E-state index contributed by atoms with van der Waals surface area (Å²) in [6.45, 7) is 4.68. The monoisotopic (exact) mass is 502 g/mol. The van der Waals surface area contributed by atoms with E-state index in [0.717, 1.165) is 49.3 Å². The van der Waals surface area contributed by atoms with Crippen molar-refractivity contribution in [3.63, 3.8) is 0 Å². The molecule has 1 aliphatic carbocycles. The quantitative estimate of drug-likeness (QED) is 0.326. The molecule has 0 spiro atoms. The number of aliphatic imine (C=N–C) groups is 1. The predicted molar refractivity (Wildman–Crippen MR) is 125 cm³/mol. The fraction of sp³-hybridized carbons (Fsp3) is 0.619. The van der Waals surface area contributed by atoms with Crippen LogP contribution in [0.3, 0.4) is 0 Å². The zero-order valence-electron chi connectivity index (χ0n) is 17.6. The number of rotatable bonds is 8. The number of nitrogens with one attached hydrogen (secondary N) is 2. The molecule has 0 aromatic heterocycles. The van der Waals surface area contributed by atoms with Gasteiger partial charge in [-0.3, -0.25) is 4.79 Å². The first-order valence-corrected chi connectivity index (χ1v) is 9.81. The number of methoxy groups -OCH3 is 1. The Morgan fingerprint density at radius 3 is 2.29 bits per heavy atom. The normalized spacial score (nSPS) is 15.6. The van der Waals surface area contributed by atoms with Crippen molar-refractivity contribution in [1.29, 1.82) is 0 Å². The number of benzene rings is 1. The van der Waals surface area contributed by atoms with Crippen molar-refractivity contribution in [2.45, 2.75) is 45.8 Å². The van der Waals surface area contributed by atoms with Crippen LogP contribution in [0.1, 0.15) is 43.7 Å². The first-order valence-electron chi connectivity index (χ1n) is 9.81. The zero-order chi connectivity index (χ0) is 19.7. The van der Waals surface area contributed by atoms with Gasteiger partial charge in [0.15, 0.2) is 5.96 Å². The lowest BCUT2D eigenvalue weighted by Crippen LogP contribution is -2.49. The fourth-order valence-electron chi connectivity index (χ4n) is 3.66. The van der Waals surface area contributed by atoms with Gasteiger partial charge < -0.3 is 20.3 Å². The number of guanidine groups is 1. The van der Waals surface area contributed by atoms with Crippen LogP contribution in [-0.4, -0.2) is 51.1 Å². The molecule has 1 aliphatic rings. The summed E-state index contributed by atoms with van der Waals surface area (Å²) in [5.74, 6) is 0.980. The van der Waals surface area contributed by atoms with Crippen LogP contribution in [0, 0.1) is 5.41 Å². The van der Waals surface area contributed by atoms with Crippen molar-refractivity contribution in [3.8, 4) is 0 Å². The summed E-state index contributed by atoms with van der Waals surface area (Å²) >= 11 is 0. The molecular formula is C21H35IN4O2. The summed E-state index contributed by atoms with van der Waals surface area (Å²) in [4.78, 5) is 19.1. The van der Waals surface area contributed by atoms with Gasteiger partial charge in [0.25, 0.3) is 0 Å². The number of hydrogen-bond acceptors (Lipinski definition) is 3. The van der Waals surface area contributed by atoms with Crippen molar-refractivity contribution in [3.05, 3.63) is 35.4 Å². The van der Waals surface area contributed by atoms with Crippen molar-refractivity contribution >= 4 is 35.8 Å². The predicted octanol–water partition coefficient (Wildman–Crippen LogP) is 3.15. The molecule has 1 fully saturated rings. The van der Waals surface area contributed by atoms with E-state index in [4.69, 9.17) is 9.73 Å². The Balaban J connectivity index is 0.00000392. The first kappa shape index (κ1) is 24.7. The van der Waals surface area contributed by atoms with Gasteiger partial charge in [-0.1, -0.05) is 37.1 Å². The second-order valence-electron chi connectivity index (χ2n) is 7.49. The van der Waals surface area contributed by atoms with Gasteiger partial charge >= 0.3 is 0 Å². The second kappa shape index (κ2) is 12.3. The molecule has 1 saturated carbocycles. The third-order valence-corrected chi connectivity index (χ3v) is 5.11. The van der Waals surface area contributed by atoms with Crippen LogP contribution in [0.2, 0.25) is 0 Å². The lowest BCUT2D eigenvalue weighted by molar-refractivity contribution is -0.138. The van der Waals surface area contributed by atoms with E-state index in [9.17, 15) is 4.79 Å². The summed E-state index contributed by atoms with van der Waals surface area (Å²) in [5, 5.41) is 6.70. The van der Waals surface area contributed by atoms with E-state index < -0.39 is 0 Å². The van der Waals surface area contributed by atoms with Crippen LogP contribution < -0.4 is 10.6 Å². The van der Waals surface area contributed by atoms with Gasteiger partial charge in [-0.05, 0) is 30.9 Å². The molecule has 28 heavy (non-hydrogen) atoms. The van der Waals surface area contributed by atoms with Crippen LogP contribution in [0.4, 0.5) is 0 Å². The summed E-state index contributed by atoms with van der Waals surface area (Å²) in [6, 6.07) is 8.29. The van der Waals surface area contributed by atoms with Gasteiger partial charge in [0, 0.05) is 34.3 Å². The van der Waals surface area contributed by atoms with Crippen molar-refractivity contribution in [1.82, 2.24) is 15.5 Å². The standard InChI is InChI=1S/C21H34N4O2.HI/c1-5-22-20(23-14-17-8-10-18(11-9-17)15-27-4)24-16-21(12-6-7-13-21)19(26)25(2)3;/h8-11H,5-7,12-16H2,1-4H3,(H2,22,23,24);1H. The molecule has 158 valence electrons. The highest BCUT2D eigenvalue weighted by Gasteiger charge is 2.42. The Bertz CT molecular complexity index is 626. The second-order valence-corrected chi connectivity index (χ2v) is 7.49. The number of ether oxygens (including phenoxy) is 1. The molecule has 6 nitrogen and oxygen atoms in total. The Morgan fingerprint density at radius 2 is 1.75 bits per heavy atom. The molecule has 0 heterocycles. The number of carbonyl (C=O) groups is 1. The van der Waals surface area contributed by atoms with Gasteiger partial charge in [0.1, 0.15) is 0 Å². The lowest BCUT2D eigenvalue weighted by atomic mass is 9.84. The number of amides is 1. The van der Waals surface area contributed by atoms with Gasteiger partial charge in [-0.2, -0.15) is 0 Å². The first-order chi connectivity index (χ1) is 13.0. The average molecular weight is 502 g/mol. The highest BCUT2D eigenvalue weighted by atomic mass is 127. The number of carbonyl (C=O) groups excluding carboxylic acids is 1. The van der Waals surface area contributed by atoms with E-state index in [-0.39, 0.29) is 35.3 Å². The van der Waals surface area contributed by atoms with Crippen LogP contribution in [0.5, 0.6) is 0 Å². The van der Waals surface area contributed by atoms with Crippen molar-refractivity contribution in [2.24, 2.45) is 10.4 Å². The number of hydrogen-bond donors (Lipinski definition) is 2. The van der Waals surface area contributed by atoms with E-state index in [2.05, 4.69) is 34.9 Å². The molecule has 1 aromatic carbocycles. The van der Waals surface area contributed by atoms with E-state index in [0.29, 0.717) is 19.7 Å². The molecule has 2 rings (SSSR count). The SMILES string of the molecule is CCNC(=NCc1ccc(COC)cc1)NCC1(C(=O)N(C)C)CCCC1.I. The van der Waals surface area contributed by atoms with Gasteiger partial charge in [-0.25, -0.2) is 4.99 Å². The van der Waals surface area contributed by atoms with Gasteiger partial charge in [0.05, 0.1) is 18.6 Å². The van der Waals surface area contributed by atoms with Gasteiger partial charge in [-0.15, -0.1) is 24.0 Å². The summed E-state index contributed by atoms with van der Waals surface area (Å²) in [6.07, 6.45) is 4.11. The van der Waals surface area contributed by atoms with Crippen molar-refractivity contribution in [2.75, 3.05) is 34.3 Å². The maximum absolute atomic E-state index is 12.7. The molecule has 0 aliphatic heterocycles. The highest BCUT2D eigenvalue weighted by molar-refractivity contribution is 14.0. The van der Waals surface area contributed by atoms with Crippen LogP contribution in [0.25, 0.3) is 0 Å². The maximum atomic E-state index is 12.7. The smallest absolute Gasteiger partial charge is 0.230 e. The van der Waals surface area contributed by atoms with Crippen LogP contribution in [0.15, 0.2) is 29.3 Å². The van der Waals surface area contributed by atoms with Crippen LogP contribution in [-0.2, 0) is 22.7 Å². The molecule has 7 heteroatoms. The summed E-state index contributed by atoms with van der Waals surface area (Å²) in [7, 11) is 5.38. The highest BCUT2D eigenvalue weighted by Crippen LogP contribution is 2.38. The molecular weight excluding hydrogens is 467 g/mol. The third-order valence-electron chi connectivity index (χ3n) is 5.11. The fourth-order valence-corrected chi connectivity index (χ4v) is 3.66. The minimum atomic E-state index is -0.304. The number of nitrogens with zero attached hydrogens (tertiary/aromatic N) is 2. The topological polar surface area (TPSA) is 66.0 Å².